The Bertz CT molecular complexity index is 548. The quantitative estimate of drug-likeness (QED) is 0.887. The van der Waals surface area contributed by atoms with Crippen molar-refractivity contribution in [1.29, 1.82) is 0 Å². The van der Waals surface area contributed by atoms with Gasteiger partial charge in [-0.15, -0.1) is 0 Å². The molecule has 1 fully saturated rings. The predicted octanol–water partition coefficient (Wildman–Crippen LogP) is 1.31. The molecule has 2 heterocycles. The Balaban J connectivity index is 2.33. The van der Waals surface area contributed by atoms with Crippen LogP contribution in [0.25, 0.3) is 0 Å². The molecule has 0 amide bonds. The number of sulfonamides is 1. The van der Waals surface area contributed by atoms with Gasteiger partial charge in [-0.05, 0) is 25.5 Å². The maximum Gasteiger partial charge on any atom is 0.263 e. The number of anilines is 1. The molecule has 7 heteroatoms. The van der Waals surface area contributed by atoms with Crippen molar-refractivity contribution in [2.45, 2.75) is 31.3 Å². The van der Waals surface area contributed by atoms with Crippen LogP contribution >= 0.6 is 0 Å². The third kappa shape index (κ3) is 3.11. The van der Waals surface area contributed by atoms with Crippen LogP contribution < -0.4 is 5.32 Å². The van der Waals surface area contributed by atoms with Crippen LogP contribution in [0, 0.1) is 0 Å². The Hall–Kier alpha value is -1.18. The molecular formula is C13H21N3O3S. The molecule has 0 spiro atoms. The van der Waals surface area contributed by atoms with E-state index >= 15 is 0 Å². The van der Waals surface area contributed by atoms with Gasteiger partial charge in [-0.1, -0.05) is 6.92 Å². The van der Waals surface area contributed by atoms with E-state index < -0.39 is 10.0 Å². The lowest BCUT2D eigenvalue weighted by atomic mass is 10.3. The molecule has 1 aromatic rings. The van der Waals surface area contributed by atoms with Crippen molar-refractivity contribution in [3.05, 3.63) is 18.3 Å². The molecule has 2 rings (SSSR count). The Morgan fingerprint density at radius 3 is 3.05 bits per heavy atom. The SMILES string of the molecule is CCCNc1cccnc1S(=O)(=O)N1CCOCC1C. The third-order valence-electron chi connectivity index (χ3n) is 3.20. The fourth-order valence-electron chi connectivity index (χ4n) is 2.17. The van der Waals surface area contributed by atoms with E-state index in [0.717, 1.165) is 6.42 Å². The zero-order chi connectivity index (χ0) is 14.6. The van der Waals surface area contributed by atoms with Gasteiger partial charge in [0.25, 0.3) is 10.0 Å². The summed E-state index contributed by atoms with van der Waals surface area (Å²) < 4.78 is 32.3. The lowest BCUT2D eigenvalue weighted by molar-refractivity contribution is 0.0392. The van der Waals surface area contributed by atoms with Gasteiger partial charge < -0.3 is 10.1 Å². The van der Waals surface area contributed by atoms with E-state index in [1.165, 1.54) is 10.5 Å². The van der Waals surface area contributed by atoms with Crippen molar-refractivity contribution < 1.29 is 13.2 Å². The van der Waals surface area contributed by atoms with Gasteiger partial charge in [-0.3, -0.25) is 0 Å². The van der Waals surface area contributed by atoms with Crippen molar-refractivity contribution in [2.24, 2.45) is 0 Å². The topological polar surface area (TPSA) is 71.5 Å². The van der Waals surface area contributed by atoms with Crippen LogP contribution in [0.5, 0.6) is 0 Å². The van der Waals surface area contributed by atoms with Crippen molar-refractivity contribution in [3.63, 3.8) is 0 Å². The monoisotopic (exact) mass is 299 g/mol. The van der Waals surface area contributed by atoms with Crippen LogP contribution in [0.1, 0.15) is 20.3 Å². The van der Waals surface area contributed by atoms with Crippen molar-refractivity contribution in [2.75, 3.05) is 31.6 Å². The van der Waals surface area contributed by atoms with E-state index in [1.54, 1.807) is 12.1 Å². The summed E-state index contributed by atoms with van der Waals surface area (Å²) in [5.41, 5.74) is 0.563. The Morgan fingerprint density at radius 1 is 1.55 bits per heavy atom. The van der Waals surface area contributed by atoms with Crippen LogP contribution in [0.4, 0.5) is 5.69 Å². The first-order chi connectivity index (χ1) is 9.57. The average molecular weight is 299 g/mol. The lowest BCUT2D eigenvalue weighted by Gasteiger charge is -2.32. The molecule has 1 N–H and O–H groups in total. The third-order valence-corrected chi connectivity index (χ3v) is 5.17. The fraction of sp³-hybridized carbons (Fsp3) is 0.615. The van der Waals surface area contributed by atoms with Crippen LogP contribution in [0.3, 0.4) is 0 Å². The van der Waals surface area contributed by atoms with Crippen LogP contribution in [-0.4, -0.2) is 50.1 Å². The molecule has 0 aliphatic carbocycles. The van der Waals surface area contributed by atoms with Crippen molar-refractivity contribution >= 4 is 15.7 Å². The Kier molecular flexibility index (Phi) is 4.95. The largest absolute Gasteiger partial charge is 0.383 e. The normalized spacial score (nSPS) is 20.8. The first-order valence-electron chi connectivity index (χ1n) is 6.86. The highest BCUT2D eigenvalue weighted by Gasteiger charge is 2.34. The van der Waals surface area contributed by atoms with Gasteiger partial charge in [0.2, 0.25) is 0 Å². The standard InChI is InChI=1S/C13H21N3O3S/c1-3-6-14-12-5-4-7-15-13(12)20(17,18)16-8-9-19-10-11(16)2/h4-5,7,11,14H,3,6,8-10H2,1-2H3. The number of morpholine rings is 1. The number of pyridine rings is 1. The summed E-state index contributed by atoms with van der Waals surface area (Å²) in [6.07, 6.45) is 2.43. The maximum atomic E-state index is 12.7. The summed E-state index contributed by atoms with van der Waals surface area (Å²) in [4.78, 5) is 4.08. The van der Waals surface area contributed by atoms with Gasteiger partial charge in [-0.2, -0.15) is 4.31 Å². The van der Waals surface area contributed by atoms with Crippen LogP contribution in [-0.2, 0) is 14.8 Å². The molecule has 1 atom stereocenters. The molecule has 0 radical (unpaired) electrons. The molecule has 0 aromatic carbocycles. The molecule has 1 aliphatic rings. The zero-order valence-electron chi connectivity index (χ0n) is 11.9. The van der Waals surface area contributed by atoms with E-state index in [2.05, 4.69) is 10.3 Å². The van der Waals surface area contributed by atoms with Gasteiger partial charge in [-0.25, -0.2) is 13.4 Å². The fourth-order valence-corrected chi connectivity index (χ4v) is 3.85. The second kappa shape index (κ2) is 6.51. The minimum absolute atomic E-state index is 0.0993. The molecule has 1 unspecified atom stereocenters. The van der Waals surface area contributed by atoms with E-state index in [-0.39, 0.29) is 11.1 Å². The number of nitrogens with one attached hydrogen (secondary N) is 1. The Morgan fingerprint density at radius 2 is 2.35 bits per heavy atom. The number of aromatic nitrogens is 1. The number of hydrogen-bond donors (Lipinski definition) is 1. The van der Waals surface area contributed by atoms with Gasteiger partial charge in [0, 0.05) is 25.3 Å². The highest BCUT2D eigenvalue weighted by atomic mass is 32.2. The summed E-state index contributed by atoms with van der Waals surface area (Å²) in [6, 6.07) is 3.32. The van der Waals surface area contributed by atoms with E-state index in [9.17, 15) is 8.42 Å². The van der Waals surface area contributed by atoms with Gasteiger partial charge in [0.15, 0.2) is 5.03 Å². The van der Waals surface area contributed by atoms with Gasteiger partial charge >= 0.3 is 0 Å². The number of ether oxygens (including phenoxy) is 1. The second-order valence-corrected chi connectivity index (χ2v) is 6.63. The summed E-state index contributed by atoms with van der Waals surface area (Å²) in [7, 11) is -3.59. The van der Waals surface area contributed by atoms with E-state index in [1.807, 2.05) is 13.8 Å². The lowest BCUT2D eigenvalue weighted by Crippen LogP contribution is -2.47. The summed E-state index contributed by atoms with van der Waals surface area (Å²) >= 11 is 0. The number of nitrogens with zero attached hydrogens (tertiary/aromatic N) is 2. The number of hydrogen-bond acceptors (Lipinski definition) is 5. The molecule has 0 saturated carbocycles. The molecule has 1 saturated heterocycles. The highest BCUT2D eigenvalue weighted by molar-refractivity contribution is 7.89. The van der Waals surface area contributed by atoms with Crippen LogP contribution in [0.2, 0.25) is 0 Å². The zero-order valence-corrected chi connectivity index (χ0v) is 12.7. The predicted molar refractivity (Wildman–Crippen MR) is 77.2 cm³/mol. The molecule has 1 aliphatic heterocycles. The molecule has 112 valence electrons. The molecule has 0 bridgehead atoms. The van der Waals surface area contributed by atoms with Crippen LogP contribution in [0.15, 0.2) is 23.4 Å². The second-order valence-electron chi connectivity index (χ2n) is 4.82. The van der Waals surface area contributed by atoms with Gasteiger partial charge in [0.05, 0.1) is 18.9 Å². The highest BCUT2D eigenvalue weighted by Crippen LogP contribution is 2.24. The summed E-state index contributed by atoms with van der Waals surface area (Å²) in [5.74, 6) is 0. The van der Waals surface area contributed by atoms with Crippen molar-refractivity contribution in [3.8, 4) is 0 Å². The molecular weight excluding hydrogens is 278 g/mol. The molecule has 6 nitrogen and oxygen atoms in total. The first-order valence-corrected chi connectivity index (χ1v) is 8.30. The number of rotatable bonds is 5. The van der Waals surface area contributed by atoms with E-state index in [4.69, 9.17) is 4.74 Å². The first kappa shape index (κ1) is 15.2. The van der Waals surface area contributed by atoms with E-state index in [0.29, 0.717) is 32.0 Å². The molecule has 1 aromatic heterocycles. The van der Waals surface area contributed by atoms with Gasteiger partial charge in [0.1, 0.15) is 0 Å². The average Bonchev–Trinajstić information content (AvgIpc) is 2.45. The molecule has 20 heavy (non-hydrogen) atoms. The minimum atomic E-state index is -3.59. The smallest absolute Gasteiger partial charge is 0.263 e. The summed E-state index contributed by atoms with van der Waals surface area (Å²) in [5, 5.41) is 3.22. The summed E-state index contributed by atoms with van der Waals surface area (Å²) in [6.45, 7) is 5.80. The Labute approximate surface area is 120 Å². The minimum Gasteiger partial charge on any atom is -0.383 e. The van der Waals surface area contributed by atoms with Crippen molar-refractivity contribution in [1.82, 2.24) is 9.29 Å². The maximum absolute atomic E-state index is 12.7.